The van der Waals surface area contributed by atoms with E-state index in [0.29, 0.717) is 79.3 Å². The van der Waals surface area contributed by atoms with E-state index in [2.05, 4.69) is 16.0 Å². The zero-order chi connectivity index (χ0) is 49.5. The Balaban J connectivity index is 1.79. The fraction of sp³-hybridized carbons (Fsp3) is 0.614. The lowest BCUT2D eigenvalue weighted by Gasteiger charge is -2.24. The van der Waals surface area contributed by atoms with E-state index in [0.717, 1.165) is 12.1 Å². The smallest absolute Gasteiger partial charge is 0.444 e. The summed E-state index contributed by atoms with van der Waals surface area (Å²) in [4.78, 5) is 76.0. The minimum absolute atomic E-state index is 0.0623. The van der Waals surface area contributed by atoms with Crippen molar-refractivity contribution in [2.45, 2.75) is 58.4 Å². The normalized spacial score (nSPS) is 12.6. The molecule has 0 aliphatic carbocycles. The standard InChI is InChI=1S/C44H67N5O18/c1-32(45-39(50)33(2)46-42(53)67-44(3,4)5)40(51)47-35-10-8-34(9-11-35)38(66-43(54)65-37-14-12-36(13-15-37)49(55)56)41(52)48(6)16-17-58-20-21-60-24-25-62-28-29-64-31-30-63-27-26-61-23-22-59-19-18-57-7/h8-15,32-33,38H,16-31H2,1-7H3,(H,45,50)(H,46,53)(H,47,51)/t32-,33-,38?/m0/s1. The van der Waals surface area contributed by atoms with Crippen molar-refractivity contribution in [3.8, 4) is 5.75 Å². The van der Waals surface area contributed by atoms with Crippen LogP contribution in [-0.4, -0.2) is 177 Å². The Hall–Kier alpha value is -5.53. The zero-order valence-corrected chi connectivity index (χ0v) is 39.4. The van der Waals surface area contributed by atoms with Gasteiger partial charge in [-0.3, -0.25) is 24.5 Å². The van der Waals surface area contributed by atoms with Crippen molar-refractivity contribution >= 4 is 41.3 Å². The summed E-state index contributed by atoms with van der Waals surface area (Å²) in [5, 5.41) is 18.6. The lowest BCUT2D eigenvalue weighted by Crippen LogP contribution is -2.51. The van der Waals surface area contributed by atoms with Crippen LogP contribution >= 0.6 is 0 Å². The Kier molecular flexibility index (Phi) is 28.4. The Labute approximate surface area is 390 Å². The molecule has 0 spiro atoms. The van der Waals surface area contributed by atoms with Crippen LogP contribution in [0.1, 0.15) is 46.3 Å². The largest absolute Gasteiger partial charge is 0.514 e. The minimum atomic E-state index is -1.52. The van der Waals surface area contributed by atoms with Crippen LogP contribution in [0.5, 0.6) is 5.75 Å². The molecule has 1 unspecified atom stereocenters. The third-order valence-electron chi connectivity index (χ3n) is 8.66. The Morgan fingerprint density at radius 2 is 1.09 bits per heavy atom. The summed E-state index contributed by atoms with van der Waals surface area (Å²) < 4.78 is 59.0. The number of nitrogens with zero attached hydrogens (tertiary/aromatic N) is 2. The third kappa shape index (κ3) is 26.4. The van der Waals surface area contributed by atoms with Gasteiger partial charge in [0, 0.05) is 44.1 Å². The highest BCUT2D eigenvalue weighted by Crippen LogP contribution is 2.24. The Bertz CT molecular complexity index is 1760. The van der Waals surface area contributed by atoms with E-state index in [1.54, 1.807) is 27.9 Å². The molecule has 23 nitrogen and oxygen atoms in total. The van der Waals surface area contributed by atoms with E-state index in [1.165, 1.54) is 62.2 Å². The van der Waals surface area contributed by atoms with Crippen molar-refractivity contribution < 1.29 is 81.0 Å². The van der Waals surface area contributed by atoms with Gasteiger partial charge in [-0.05, 0) is 58.9 Å². The number of non-ortho nitro benzene ring substituents is 1. The lowest BCUT2D eigenvalue weighted by molar-refractivity contribution is -0.384. The number of hydrogen-bond acceptors (Lipinski definition) is 18. The molecule has 0 aromatic heterocycles. The molecular formula is C44H67N5O18. The van der Waals surface area contributed by atoms with Crippen molar-refractivity contribution in [3.63, 3.8) is 0 Å². The van der Waals surface area contributed by atoms with Gasteiger partial charge in [-0.15, -0.1) is 0 Å². The van der Waals surface area contributed by atoms with Gasteiger partial charge in [-0.25, -0.2) is 9.59 Å². The Morgan fingerprint density at radius 3 is 1.54 bits per heavy atom. The highest BCUT2D eigenvalue weighted by Gasteiger charge is 2.30. The van der Waals surface area contributed by atoms with Crippen LogP contribution in [0.3, 0.4) is 0 Å². The summed E-state index contributed by atoms with van der Waals surface area (Å²) in [7, 11) is 3.11. The van der Waals surface area contributed by atoms with Gasteiger partial charge >= 0.3 is 12.2 Å². The first kappa shape index (κ1) is 57.6. The maximum Gasteiger partial charge on any atom is 0.514 e. The molecule has 0 bridgehead atoms. The molecule has 0 aliphatic heterocycles. The quantitative estimate of drug-likeness (QED) is 0.0298. The van der Waals surface area contributed by atoms with Crippen molar-refractivity contribution in [3.05, 3.63) is 64.2 Å². The molecule has 3 N–H and O–H groups in total. The van der Waals surface area contributed by atoms with E-state index in [-0.39, 0.29) is 49.1 Å². The Morgan fingerprint density at radius 1 is 0.642 bits per heavy atom. The molecule has 67 heavy (non-hydrogen) atoms. The van der Waals surface area contributed by atoms with Gasteiger partial charge in [0.2, 0.25) is 17.9 Å². The summed E-state index contributed by atoms with van der Waals surface area (Å²) in [5.74, 6) is -1.92. The second-order valence-corrected chi connectivity index (χ2v) is 15.3. The molecule has 4 amide bonds. The molecule has 0 aliphatic rings. The summed E-state index contributed by atoms with van der Waals surface area (Å²) in [5.41, 5.74) is -0.497. The average molecular weight is 954 g/mol. The molecular weight excluding hydrogens is 887 g/mol. The summed E-state index contributed by atoms with van der Waals surface area (Å²) in [6.07, 6.45) is -3.57. The molecule has 0 saturated heterocycles. The van der Waals surface area contributed by atoms with Gasteiger partial charge in [0.1, 0.15) is 23.4 Å². The SMILES string of the molecule is COCCOCCOCCOCCOCCOCCOCCOCCN(C)C(=O)C(OC(=O)Oc1ccc([N+](=O)[O-])cc1)c1ccc(NC(=O)[C@H](C)NC(=O)[C@H](C)NC(=O)OC(C)(C)C)cc1. The number of carbonyl (C=O) groups excluding carboxylic acids is 5. The molecule has 2 aromatic rings. The van der Waals surface area contributed by atoms with Crippen molar-refractivity contribution in [1.82, 2.24) is 15.5 Å². The minimum Gasteiger partial charge on any atom is -0.444 e. The molecule has 0 heterocycles. The summed E-state index contributed by atoms with van der Waals surface area (Å²) >= 11 is 0. The molecule has 376 valence electrons. The number of nitrogens with one attached hydrogen (secondary N) is 3. The molecule has 2 aromatic carbocycles. The number of nitro benzene ring substituents is 1. The number of nitro groups is 1. The van der Waals surface area contributed by atoms with Gasteiger partial charge in [0.05, 0.1) is 104 Å². The predicted octanol–water partition coefficient (Wildman–Crippen LogP) is 3.43. The number of alkyl carbamates (subject to hydrolysis) is 1. The fourth-order valence-corrected chi connectivity index (χ4v) is 5.13. The first-order valence-corrected chi connectivity index (χ1v) is 21.6. The van der Waals surface area contributed by atoms with Crippen LogP contribution in [-0.2, 0) is 61.8 Å². The maximum absolute atomic E-state index is 13.7. The van der Waals surface area contributed by atoms with Crippen molar-refractivity contribution in [2.24, 2.45) is 0 Å². The van der Waals surface area contributed by atoms with Crippen LogP contribution in [0.2, 0.25) is 0 Å². The number of likely N-dealkylation sites (N-methyl/N-ethyl adjacent to an activating group) is 1. The number of methoxy groups -OCH3 is 1. The summed E-state index contributed by atoms with van der Waals surface area (Å²) in [6, 6.07) is 8.48. The number of rotatable bonds is 34. The van der Waals surface area contributed by atoms with E-state index in [9.17, 15) is 34.1 Å². The number of hydrogen-bond donors (Lipinski definition) is 3. The molecule has 23 heteroatoms. The van der Waals surface area contributed by atoms with Crippen LogP contribution in [0.15, 0.2) is 48.5 Å². The van der Waals surface area contributed by atoms with E-state index in [4.69, 9.17) is 52.1 Å². The second-order valence-electron chi connectivity index (χ2n) is 15.3. The highest BCUT2D eigenvalue weighted by atomic mass is 16.7. The van der Waals surface area contributed by atoms with E-state index in [1.807, 2.05) is 0 Å². The number of amides is 4. The zero-order valence-electron chi connectivity index (χ0n) is 39.4. The monoisotopic (exact) mass is 953 g/mol. The van der Waals surface area contributed by atoms with Crippen LogP contribution in [0.4, 0.5) is 21.0 Å². The van der Waals surface area contributed by atoms with Crippen molar-refractivity contribution in [2.75, 3.05) is 125 Å². The second kappa shape index (κ2) is 33.0. The summed E-state index contributed by atoms with van der Waals surface area (Å²) in [6.45, 7) is 14.1. The van der Waals surface area contributed by atoms with Crippen molar-refractivity contribution in [1.29, 1.82) is 0 Å². The van der Waals surface area contributed by atoms with E-state index < -0.39 is 58.7 Å². The van der Waals surface area contributed by atoms with Crippen LogP contribution in [0, 0.1) is 10.1 Å². The number of ether oxygens (including phenoxy) is 11. The molecule has 0 radical (unpaired) electrons. The van der Waals surface area contributed by atoms with Gasteiger partial charge in [0.15, 0.2) is 0 Å². The first-order chi connectivity index (χ1) is 32.0. The van der Waals surface area contributed by atoms with Gasteiger partial charge in [-0.1, -0.05) is 12.1 Å². The third-order valence-corrected chi connectivity index (χ3v) is 8.66. The predicted molar refractivity (Wildman–Crippen MR) is 240 cm³/mol. The van der Waals surface area contributed by atoms with Gasteiger partial charge in [0.25, 0.3) is 11.6 Å². The number of anilines is 1. The van der Waals surface area contributed by atoms with Gasteiger partial charge in [-0.2, -0.15) is 0 Å². The van der Waals surface area contributed by atoms with Gasteiger partial charge < -0.3 is 73.0 Å². The number of benzene rings is 2. The maximum atomic E-state index is 13.7. The number of carbonyl (C=O) groups is 5. The molecule has 0 fully saturated rings. The van der Waals surface area contributed by atoms with Crippen LogP contribution in [0.25, 0.3) is 0 Å². The molecule has 0 saturated carbocycles. The fourth-order valence-electron chi connectivity index (χ4n) is 5.13. The lowest BCUT2D eigenvalue weighted by atomic mass is 10.1. The first-order valence-electron chi connectivity index (χ1n) is 21.6. The average Bonchev–Trinajstić information content (AvgIpc) is 3.27. The highest BCUT2D eigenvalue weighted by molar-refractivity contribution is 5.98. The van der Waals surface area contributed by atoms with Crippen LogP contribution < -0.4 is 20.7 Å². The molecule has 3 atom stereocenters. The van der Waals surface area contributed by atoms with E-state index >= 15 is 0 Å². The topological polar surface area (TPSA) is 269 Å². The molecule has 2 rings (SSSR count).